The Morgan fingerprint density at radius 1 is 0.826 bits per heavy atom. The van der Waals surface area contributed by atoms with Crippen LogP contribution in [-0.2, 0) is 0 Å². The average Bonchev–Trinajstić information content (AvgIpc) is 2.90. The summed E-state index contributed by atoms with van der Waals surface area (Å²) in [5.74, 6) is 0.717. The van der Waals surface area contributed by atoms with E-state index in [1.165, 1.54) is 0 Å². The van der Waals surface area contributed by atoms with Gasteiger partial charge in [-0.3, -0.25) is 10.8 Å². The van der Waals surface area contributed by atoms with Crippen LogP contribution < -0.4 is 11.5 Å². The maximum Gasteiger partial charge on any atom is 0.135 e. The molecule has 3 rings (SSSR count). The van der Waals surface area contributed by atoms with Crippen molar-refractivity contribution in [3.63, 3.8) is 0 Å². The molecule has 0 spiro atoms. The highest BCUT2D eigenvalue weighted by molar-refractivity contribution is 5.99. The number of nitrogens with one attached hydrogen (secondary N) is 2. The molecule has 0 saturated carbocycles. The van der Waals surface area contributed by atoms with Crippen LogP contribution in [0.4, 0.5) is 0 Å². The Kier molecular flexibility index (Phi) is 5.79. The predicted molar refractivity (Wildman–Crippen MR) is 98.2 cm³/mol. The Morgan fingerprint density at radius 3 is 2.13 bits per heavy atom. The summed E-state index contributed by atoms with van der Waals surface area (Å²) in [5.41, 5.74) is 13.8. The van der Waals surface area contributed by atoms with E-state index < -0.39 is 0 Å². The number of amidine groups is 2. The zero-order valence-corrected chi connectivity index (χ0v) is 13.6. The van der Waals surface area contributed by atoms with E-state index >= 15 is 0 Å². The van der Waals surface area contributed by atoms with Crippen molar-refractivity contribution in [3.05, 3.63) is 59.7 Å². The first-order valence-electron chi connectivity index (χ1n) is 6.37. The fourth-order valence-corrected chi connectivity index (χ4v) is 2.18. The predicted octanol–water partition coefficient (Wildman–Crippen LogP) is 3.51. The highest BCUT2D eigenvalue weighted by Gasteiger charge is 2.09. The number of nitrogen functional groups attached to an aromatic ring is 2. The van der Waals surface area contributed by atoms with Crippen molar-refractivity contribution in [2.45, 2.75) is 0 Å². The first-order chi connectivity index (χ1) is 10.0. The monoisotopic (exact) mass is 350 g/mol. The number of hydrogen-bond acceptors (Lipinski definition) is 3. The summed E-state index contributed by atoms with van der Waals surface area (Å²) in [6, 6.07) is 14.6. The van der Waals surface area contributed by atoms with Gasteiger partial charge >= 0.3 is 0 Å². The second-order valence-corrected chi connectivity index (χ2v) is 4.77. The minimum absolute atomic E-state index is 0. The van der Waals surface area contributed by atoms with Gasteiger partial charge in [0.05, 0.1) is 0 Å². The van der Waals surface area contributed by atoms with Gasteiger partial charge in [0.2, 0.25) is 0 Å². The van der Waals surface area contributed by atoms with Gasteiger partial charge in [-0.2, -0.15) is 0 Å². The zero-order chi connectivity index (χ0) is 15.0. The van der Waals surface area contributed by atoms with E-state index in [1.54, 1.807) is 18.2 Å². The molecule has 0 radical (unpaired) electrons. The third kappa shape index (κ3) is 3.64. The van der Waals surface area contributed by atoms with Gasteiger partial charge in [0, 0.05) is 22.1 Å². The maximum atomic E-state index is 7.49. The summed E-state index contributed by atoms with van der Waals surface area (Å²) < 4.78 is 5.82. The van der Waals surface area contributed by atoms with Gasteiger partial charge < -0.3 is 15.9 Å². The van der Waals surface area contributed by atoms with Gasteiger partial charge in [-0.25, -0.2) is 0 Å². The lowest BCUT2D eigenvalue weighted by molar-refractivity contribution is 0.631. The minimum atomic E-state index is 0. The molecule has 2 aromatic carbocycles. The molecule has 0 aliphatic rings. The van der Waals surface area contributed by atoms with Crippen LogP contribution >= 0.6 is 24.8 Å². The molecule has 0 bridgehead atoms. The largest absolute Gasteiger partial charge is 0.456 e. The molecule has 6 N–H and O–H groups in total. The van der Waals surface area contributed by atoms with E-state index in [9.17, 15) is 0 Å². The Bertz CT molecular complexity index is 873. The lowest BCUT2D eigenvalue weighted by Crippen LogP contribution is -2.10. The van der Waals surface area contributed by atoms with Crippen molar-refractivity contribution in [1.29, 1.82) is 10.8 Å². The summed E-state index contributed by atoms with van der Waals surface area (Å²) in [4.78, 5) is 0. The summed E-state index contributed by atoms with van der Waals surface area (Å²) in [6.07, 6.45) is 0. The SMILES string of the molecule is Cl.Cl.N=C(N)c1cccc(-c2cc3ccc(C(=N)N)cc3o2)c1. The molecule has 0 unspecified atom stereocenters. The van der Waals surface area contributed by atoms with Crippen molar-refractivity contribution in [3.8, 4) is 11.3 Å². The standard InChI is InChI=1S/C16H14N4O.2ClH/c17-15(18)11-3-1-2-9(6-11)13-7-10-4-5-12(16(19)20)8-14(10)21-13;;/h1-8H,(H3,17,18)(H3,19,20);2*1H. The van der Waals surface area contributed by atoms with Crippen LogP contribution in [0.25, 0.3) is 22.3 Å². The number of halogens is 2. The molecule has 3 aromatic rings. The number of rotatable bonds is 3. The van der Waals surface area contributed by atoms with Crippen molar-refractivity contribution in [2.75, 3.05) is 0 Å². The second kappa shape index (κ2) is 7.17. The van der Waals surface area contributed by atoms with Crippen LogP contribution in [0.3, 0.4) is 0 Å². The molecule has 0 atom stereocenters. The summed E-state index contributed by atoms with van der Waals surface area (Å²) in [6.45, 7) is 0. The summed E-state index contributed by atoms with van der Waals surface area (Å²) >= 11 is 0. The highest BCUT2D eigenvalue weighted by atomic mass is 35.5. The molecule has 0 fully saturated rings. The van der Waals surface area contributed by atoms with E-state index in [-0.39, 0.29) is 36.5 Å². The van der Waals surface area contributed by atoms with Gasteiger partial charge in [0.15, 0.2) is 0 Å². The molecule has 0 aliphatic heterocycles. The number of furan rings is 1. The van der Waals surface area contributed by atoms with Gasteiger partial charge in [-0.05, 0) is 18.2 Å². The van der Waals surface area contributed by atoms with Crippen molar-refractivity contribution in [2.24, 2.45) is 11.5 Å². The average molecular weight is 351 g/mol. The third-order valence-electron chi connectivity index (χ3n) is 3.29. The first kappa shape index (κ1) is 18.5. The Hall–Kier alpha value is -2.50. The van der Waals surface area contributed by atoms with Crippen LogP contribution in [0.2, 0.25) is 0 Å². The second-order valence-electron chi connectivity index (χ2n) is 4.77. The minimum Gasteiger partial charge on any atom is -0.456 e. The number of fused-ring (bicyclic) bond motifs is 1. The highest BCUT2D eigenvalue weighted by Crippen LogP contribution is 2.28. The fourth-order valence-electron chi connectivity index (χ4n) is 2.18. The van der Waals surface area contributed by atoms with Crippen LogP contribution in [-0.4, -0.2) is 11.7 Å². The maximum absolute atomic E-state index is 7.49. The summed E-state index contributed by atoms with van der Waals surface area (Å²) in [5, 5.41) is 15.9. The molecule has 0 aliphatic carbocycles. The van der Waals surface area contributed by atoms with Crippen LogP contribution in [0.5, 0.6) is 0 Å². The van der Waals surface area contributed by atoms with Gasteiger partial charge in [0.25, 0.3) is 0 Å². The van der Waals surface area contributed by atoms with Crippen molar-refractivity contribution < 1.29 is 4.42 Å². The molecular formula is C16H16Cl2N4O. The van der Waals surface area contributed by atoms with Gasteiger partial charge in [0.1, 0.15) is 23.0 Å². The molecule has 1 heterocycles. The molecule has 7 heteroatoms. The molecular weight excluding hydrogens is 335 g/mol. The molecule has 0 saturated heterocycles. The van der Waals surface area contributed by atoms with Crippen LogP contribution in [0, 0.1) is 10.8 Å². The van der Waals surface area contributed by atoms with Gasteiger partial charge in [-0.15, -0.1) is 24.8 Å². The molecule has 120 valence electrons. The van der Waals surface area contributed by atoms with E-state index in [2.05, 4.69) is 0 Å². The topological polar surface area (TPSA) is 113 Å². The Balaban J connectivity index is 0.00000132. The Morgan fingerprint density at radius 2 is 1.48 bits per heavy atom. The smallest absolute Gasteiger partial charge is 0.135 e. The normalized spacial score (nSPS) is 9.74. The molecule has 0 amide bonds. The third-order valence-corrected chi connectivity index (χ3v) is 3.29. The van der Waals surface area contributed by atoms with Gasteiger partial charge in [-0.1, -0.05) is 30.3 Å². The first-order valence-corrected chi connectivity index (χ1v) is 6.37. The van der Waals surface area contributed by atoms with Crippen LogP contribution in [0.1, 0.15) is 11.1 Å². The van der Waals surface area contributed by atoms with Crippen molar-refractivity contribution >= 4 is 47.5 Å². The number of hydrogen-bond donors (Lipinski definition) is 4. The number of nitrogens with two attached hydrogens (primary N) is 2. The molecule has 23 heavy (non-hydrogen) atoms. The molecule has 5 nitrogen and oxygen atoms in total. The van der Waals surface area contributed by atoms with E-state index in [1.807, 2.05) is 30.3 Å². The summed E-state index contributed by atoms with van der Waals surface area (Å²) in [7, 11) is 0. The lowest BCUT2D eigenvalue weighted by atomic mass is 10.1. The quantitative estimate of drug-likeness (QED) is 0.428. The Labute approximate surface area is 145 Å². The number of benzene rings is 2. The van der Waals surface area contributed by atoms with E-state index in [4.69, 9.17) is 26.7 Å². The van der Waals surface area contributed by atoms with E-state index in [0.717, 1.165) is 10.9 Å². The zero-order valence-electron chi connectivity index (χ0n) is 12.0. The van der Waals surface area contributed by atoms with Crippen LogP contribution in [0.15, 0.2) is 52.9 Å². The van der Waals surface area contributed by atoms with E-state index in [0.29, 0.717) is 22.5 Å². The fraction of sp³-hybridized carbons (Fsp3) is 0. The molecule has 1 aromatic heterocycles. The van der Waals surface area contributed by atoms with Crippen molar-refractivity contribution in [1.82, 2.24) is 0 Å². The lowest BCUT2D eigenvalue weighted by Gasteiger charge is -2.01.